The third kappa shape index (κ3) is 5.90. The van der Waals surface area contributed by atoms with Gasteiger partial charge in [-0.25, -0.2) is 9.48 Å². The Morgan fingerprint density at radius 1 is 1.23 bits per heavy atom. The van der Waals surface area contributed by atoms with Crippen LogP contribution in [0.4, 0.5) is 0 Å². The smallest absolute Gasteiger partial charge is 0.331 e. The second kappa shape index (κ2) is 10.5. The van der Waals surface area contributed by atoms with Gasteiger partial charge in [-0.15, -0.1) is 11.3 Å². The first-order valence-electron chi connectivity index (χ1n) is 9.90. The molecule has 0 bridgehead atoms. The van der Waals surface area contributed by atoms with Crippen molar-refractivity contribution in [3.63, 3.8) is 0 Å². The molecule has 0 saturated heterocycles. The second-order valence-corrected chi connectivity index (χ2v) is 7.84. The number of thiophene rings is 1. The maximum atomic E-state index is 12.1. The zero-order valence-corrected chi connectivity index (χ0v) is 17.9. The van der Waals surface area contributed by atoms with E-state index in [0.29, 0.717) is 0 Å². The number of esters is 1. The lowest BCUT2D eigenvalue weighted by molar-refractivity contribution is -0.144. The van der Waals surface area contributed by atoms with Crippen LogP contribution in [0.15, 0.2) is 60.1 Å². The predicted octanol–water partition coefficient (Wildman–Crippen LogP) is 4.46. The molecule has 0 fully saturated rings. The van der Waals surface area contributed by atoms with E-state index in [0.717, 1.165) is 34.7 Å². The third-order valence-corrected chi connectivity index (χ3v) is 5.27. The van der Waals surface area contributed by atoms with Crippen molar-refractivity contribution in [1.82, 2.24) is 15.1 Å². The first kappa shape index (κ1) is 21.5. The van der Waals surface area contributed by atoms with Gasteiger partial charge in [-0.1, -0.05) is 37.6 Å². The maximum absolute atomic E-state index is 12.1. The summed E-state index contributed by atoms with van der Waals surface area (Å²) in [4.78, 5) is 24.9. The van der Waals surface area contributed by atoms with Crippen LogP contribution in [-0.4, -0.2) is 34.3 Å². The average Bonchev–Trinajstić information content (AvgIpc) is 3.41. The van der Waals surface area contributed by atoms with Crippen LogP contribution in [-0.2, 0) is 14.3 Å². The van der Waals surface area contributed by atoms with E-state index in [-0.39, 0.29) is 18.6 Å². The topological polar surface area (TPSA) is 73.2 Å². The van der Waals surface area contributed by atoms with Crippen molar-refractivity contribution in [2.24, 2.45) is 0 Å². The van der Waals surface area contributed by atoms with E-state index in [1.165, 1.54) is 6.08 Å². The van der Waals surface area contributed by atoms with E-state index in [1.807, 2.05) is 61.0 Å². The Balaban J connectivity index is 1.69. The van der Waals surface area contributed by atoms with Gasteiger partial charge < -0.3 is 10.1 Å². The van der Waals surface area contributed by atoms with Gasteiger partial charge in [0.05, 0.1) is 10.6 Å². The number of ether oxygens (including phenoxy) is 1. The molecular weight excluding hydrogens is 398 g/mol. The fourth-order valence-electron chi connectivity index (χ4n) is 2.99. The zero-order chi connectivity index (χ0) is 21.3. The molecular formula is C23H25N3O3S. The molecule has 0 aliphatic heterocycles. The van der Waals surface area contributed by atoms with Gasteiger partial charge >= 0.3 is 5.97 Å². The average molecular weight is 424 g/mol. The molecule has 0 saturated carbocycles. The second-order valence-electron chi connectivity index (χ2n) is 6.89. The molecule has 0 aliphatic carbocycles. The highest BCUT2D eigenvalue weighted by atomic mass is 32.1. The van der Waals surface area contributed by atoms with Gasteiger partial charge in [0.25, 0.3) is 5.91 Å². The number of carbonyl (C=O) groups excluding carboxylic acids is 2. The lowest BCUT2D eigenvalue weighted by atomic mass is 10.2. The van der Waals surface area contributed by atoms with Crippen molar-refractivity contribution < 1.29 is 14.3 Å². The molecule has 0 spiro atoms. The van der Waals surface area contributed by atoms with Gasteiger partial charge in [0, 0.05) is 23.9 Å². The summed E-state index contributed by atoms with van der Waals surface area (Å²) < 4.78 is 6.84. The Morgan fingerprint density at radius 2 is 2.03 bits per heavy atom. The number of hydrogen-bond donors (Lipinski definition) is 1. The van der Waals surface area contributed by atoms with Crippen LogP contribution in [0.1, 0.15) is 32.3 Å². The van der Waals surface area contributed by atoms with Crippen LogP contribution >= 0.6 is 11.3 Å². The molecule has 0 aliphatic rings. The summed E-state index contributed by atoms with van der Waals surface area (Å²) in [7, 11) is 0. The quantitative estimate of drug-likeness (QED) is 0.407. The summed E-state index contributed by atoms with van der Waals surface area (Å²) in [5.74, 6) is -0.869. The van der Waals surface area contributed by atoms with Gasteiger partial charge in [-0.2, -0.15) is 5.10 Å². The first-order chi connectivity index (χ1) is 14.6. The number of amides is 1. The van der Waals surface area contributed by atoms with E-state index in [1.54, 1.807) is 22.1 Å². The number of hydrogen-bond acceptors (Lipinski definition) is 5. The van der Waals surface area contributed by atoms with E-state index in [2.05, 4.69) is 17.3 Å². The molecule has 0 radical (unpaired) electrons. The van der Waals surface area contributed by atoms with Gasteiger partial charge in [-0.3, -0.25) is 4.79 Å². The lowest BCUT2D eigenvalue weighted by Crippen LogP contribution is -2.35. The zero-order valence-electron chi connectivity index (χ0n) is 17.1. The fourth-order valence-corrected chi connectivity index (χ4v) is 3.72. The summed E-state index contributed by atoms with van der Waals surface area (Å²) in [6, 6.07) is 13.8. The number of nitrogens with one attached hydrogen (secondary N) is 1. The van der Waals surface area contributed by atoms with Gasteiger partial charge in [0.2, 0.25) is 0 Å². The SMILES string of the molecule is CCCC(C)NC(=O)COC(=O)C=Cc1cn(-c2ccccc2)nc1-c1cccs1. The van der Waals surface area contributed by atoms with Crippen LogP contribution in [0.3, 0.4) is 0 Å². The van der Waals surface area contributed by atoms with Crippen molar-refractivity contribution in [3.05, 3.63) is 65.7 Å². The molecule has 2 heterocycles. The van der Waals surface area contributed by atoms with Crippen molar-refractivity contribution in [2.45, 2.75) is 32.7 Å². The fraction of sp³-hybridized carbons (Fsp3) is 0.261. The molecule has 7 heteroatoms. The summed E-state index contributed by atoms with van der Waals surface area (Å²) >= 11 is 1.58. The van der Waals surface area contributed by atoms with Crippen LogP contribution in [0.2, 0.25) is 0 Å². The molecule has 3 rings (SSSR count). The first-order valence-corrected chi connectivity index (χ1v) is 10.8. The van der Waals surface area contributed by atoms with Crippen molar-refractivity contribution >= 4 is 29.3 Å². The Bertz CT molecular complexity index is 994. The summed E-state index contributed by atoms with van der Waals surface area (Å²) in [6.07, 6.45) is 6.73. The normalized spacial score (nSPS) is 12.1. The largest absolute Gasteiger partial charge is 0.452 e. The molecule has 30 heavy (non-hydrogen) atoms. The maximum Gasteiger partial charge on any atom is 0.331 e. The molecule has 6 nitrogen and oxygen atoms in total. The number of rotatable bonds is 9. The number of benzene rings is 1. The van der Waals surface area contributed by atoms with Crippen LogP contribution in [0, 0.1) is 0 Å². The van der Waals surface area contributed by atoms with Gasteiger partial charge in [0.1, 0.15) is 5.69 Å². The predicted molar refractivity (Wildman–Crippen MR) is 119 cm³/mol. The number of aromatic nitrogens is 2. The molecule has 1 atom stereocenters. The minimum Gasteiger partial charge on any atom is -0.452 e. The molecule has 3 aromatic rings. The standard InChI is InChI=1S/C23H25N3O3S/c1-3-8-17(2)24-21(27)16-29-22(28)13-12-18-15-26(19-9-5-4-6-10-19)25-23(18)20-11-7-14-30-20/h4-7,9-15,17H,3,8,16H2,1-2H3,(H,24,27). The van der Waals surface area contributed by atoms with Crippen LogP contribution in [0.5, 0.6) is 0 Å². The Hall–Kier alpha value is -3.19. The Kier molecular flexibility index (Phi) is 7.57. The van der Waals surface area contributed by atoms with Gasteiger partial charge in [0.15, 0.2) is 6.61 Å². The van der Waals surface area contributed by atoms with Crippen LogP contribution < -0.4 is 5.32 Å². The van der Waals surface area contributed by atoms with E-state index in [9.17, 15) is 9.59 Å². The van der Waals surface area contributed by atoms with Crippen molar-refractivity contribution in [1.29, 1.82) is 0 Å². The Labute approximate surface area is 180 Å². The lowest BCUT2D eigenvalue weighted by Gasteiger charge is -2.12. The highest BCUT2D eigenvalue weighted by Gasteiger charge is 2.12. The summed E-state index contributed by atoms with van der Waals surface area (Å²) in [5, 5.41) is 9.47. The molecule has 2 aromatic heterocycles. The van der Waals surface area contributed by atoms with Crippen molar-refractivity contribution in [3.8, 4) is 16.3 Å². The minimum absolute atomic E-state index is 0.0638. The van der Waals surface area contributed by atoms with Gasteiger partial charge in [-0.05, 0) is 43.0 Å². The third-order valence-electron chi connectivity index (χ3n) is 4.39. The highest BCUT2D eigenvalue weighted by molar-refractivity contribution is 7.13. The monoisotopic (exact) mass is 423 g/mol. The number of nitrogens with zero attached hydrogens (tertiary/aromatic N) is 2. The molecule has 1 aromatic carbocycles. The highest BCUT2D eigenvalue weighted by Crippen LogP contribution is 2.28. The molecule has 1 amide bonds. The van der Waals surface area contributed by atoms with Crippen molar-refractivity contribution in [2.75, 3.05) is 6.61 Å². The summed E-state index contributed by atoms with van der Waals surface area (Å²) in [6.45, 7) is 3.69. The molecule has 156 valence electrons. The van der Waals surface area contributed by atoms with E-state index in [4.69, 9.17) is 4.74 Å². The van der Waals surface area contributed by atoms with E-state index < -0.39 is 5.97 Å². The number of para-hydroxylation sites is 1. The van der Waals surface area contributed by atoms with E-state index >= 15 is 0 Å². The summed E-state index contributed by atoms with van der Waals surface area (Å²) in [5.41, 5.74) is 2.50. The van der Waals surface area contributed by atoms with Crippen LogP contribution in [0.25, 0.3) is 22.3 Å². The number of carbonyl (C=O) groups is 2. The Morgan fingerprint density at radius 3 is 2.73 bits per heavy atom. The molecule has 1 N–H and O–H groups in total. The molecule has 1 unspecified atom stereocenters. The minimum atomic E-state index is -0.571.